The quantitative estimate of drug-likeness (QED) is 0.392. The molecular weight excluding hydrogens is 516 g/mol. The molecule has 1 N–H and O–H groups in total. The van der Waals surface area contributed by atoms with Crippen LogP contribution in [0, 0.1) is 3.57 Å². The van der Waals surface area contributed by atoms with E-state index < -0.39 is 10.0 Å². The fraction of sp³-hybridized carbons (Fsp3) is 0.250. The van der Waals surface area contributed by atoms with Gasteiger partial charge in [-0.15, -0.1) is 0 Å². The van der Waals surface area contributed by atoms with Crippen molar-refractivity contribution in [1.29, 1.82) is 0 Å². The molecule has 0 saturated heterocycles. The number of thioether (sulfide) groups is 1. The van der Waals surface area contributed by atoms with E-state index in [1.807, 2.05) is 34.7 Å². The van der Waals surface area contributed by atoms with Gasteiger partial charge < -0.3 is 4.74 Å². The lowest BCUT2D eigenvalue weighted by Crippen LogP contribution is -2.26. The molecule has 0 aliphatic heterocycles. The maximum absolute atomic E-state index is 12.3. The highest BCUT2D eigenvalue weighted by Gasteiger charge is 2.15. The van der Waals surface area contributed by atoms with Crippen LogP contribution in [0.4, 0.5) is 0 Å². The standard InChI is InChI=1S/C16H16Cl2INO3S2/c1-23-16-5-3-12(9-15(16)19)25(21,22)20-6-7-24-10-11-2-4-13(17)14(18)8-11/h2-5,8-9,20H,6-7,10H2,1H3. The highest BCUT2D eigenvalue weighted by atomic mass is 127. The summed E-state index contributed by atoms with van der Waals surface area (Å²) < 4.78 is 33.1. The zero-order valence-electron chi connectivity index (χ0n) is 13.3. The van der Waals surface area contributed by atoms with Crippen LogP contribution in [0.25, 0.3) is 0 Å². The van der Waals surface area contributed by atoms with Crippen LogP contribution in [-0.4, -0.2) is 27.8 Å². The van der Waals surface area contributed by atoms with Crippen LogP contribution in [0.1, 0.15) is 5.56 Å². The van der Waals surface area contributed by atoms with Gasteiger partial charge in [-0.2, -0.15) is 11.8 Å². The first-order valence-corrected chi connectivity index (χ1v) is 11.7. The predicted octanol–water partition coefficient (Wildman–Crippen LogP) is 4.82. The molecule has 0 bridgehead atoms. The van der Waals surface area contributed by atoms with Gasteiger partial charge >= 0.3 is 0 Å². The van der Waals surface area contributed by atoms with Gasteiger partial charge in [0.2, 0.25) is 10.0 Å². The van der Waals surface area contributed by atoms with Gasteiger partial charge in [0.05, 0.1) is 25.6 Å². The van der Waals surface area contributed by atoms with E-state index in [-0.39, 0.29) is 4.90 Å². The first-order valence-electron chi connectivity index (χ1n) is 7.18. The molecule has 9 heteroatoms. The van der Waals surface area contributed by atoms with Crippen LogP contribution in [-0.2, 0) is 15.8 Å². The third-order valence-corrected chi connectivity index (χ3v) is 7.30. The fourth-order valence-electron chi connectivity index (χ4n) is 1.97. The van der Waals surface area contributed by atoms with Gasteiger partial charge in [0, 0.05) is 18.1 Å². The third kappa shape index (κ3) is 6.18. The SMILES string of the molecule is COc1ccc(S(=O)(=O)NCCSCc2ccc(Cl)c(Cl)c2)cc1I. The molecule has 0 radical (unpaired) electrons. The normalized spacial score (nSPS) is 11.5. The maximum atomic E-state index is 12.3. The molecule has 0 spiro atoms. The number of hydrogen-bond donors (Lipinski definition) is 1. The monoisotopic (exact) mass is 531 g/mol. The minimum absolute atomic E-state index is 0.229. The highest BCUT2D eigenvalue weighted by Crippen LogP contribution is 2.25. The lowest BCUT2D eigenvalue weighted by molar-refractivity contribution is 0.411. The smallest absolute Gasteiger partial charge is 0.240 e. The first-order chi connectivity index (χ1) is 11.8. The molecule has 0 amide bonds. The number of rotatable bonds is 8. The lowest BCUT2D eigenvalue weighted by Gasteiger charge is -2.09. The number of halogens is 3. The Balaban J connectivity index is 1.84. The number of ether oxygens (including phenoxy) is 1. The van der Waals surface area contributed by atoms with E-state index in [4.69, 9.17) is 27.9 Å². The number of hydrogen-bond acceptors (Lipinski definition) is 4. The van der Waals surface area contributed by atoms with Gasteiger partial charge in [-0.1, -0.05) is 29.3 Å². The molecule has 0 aliphatic rings. The van der Waals surface area contributed by atoms with E-state index in [0.29, 0.717) is 28.1 Å². The Bertz CT molecular complexity index is 847. The van der Waals surface area contributed by atoms with Gasteiger partial charge in [-0.05, 0) is 58.5 Å². The highest BCUT2D eigenvalue weighted by molar-refractivity contribution is 14.1. The van der Waals surface area contributed by atoms with E-state index >= 15 is 0 Å². The average molecular weight is 532 g/mol. The molecule has 2 rings (SSSR count). The van der Waals surface area contributed by atoms with Crippen molar-refractivity contribution >= 4 is 67.6 Å². The Morgan fingerprint density at radius 2 is 1.92 bits per heavy atom. The van der Waals surface area contributed by atoms with Gasteiger partial charge in [-0.3, -0.25) is 0 Å². The van der Waals surface area contributed by atoms with Crippen LogP contribution in [0.15, 0.2) is 41.3 Å². The van der Waals surface area contributed by atoms with Gasteiger partial charge in [0.1, 0.15) is 5.75 Å². The van der Waals surface area contributed by atoms with E-state index in [2.05, 4.69) is 4.72 Å². The lowest BCUT2D eigenvalue weighted by atomic mass is 10.2. The second-order valence-electron chi connectivity index (χ2n) is 5.00. The largest absolute Gasteiger partial charge is 0.496 e. The van der Waals surface area contributed by atoms with Crippen LogP contribution in [0.2, 0.25) is 10.0 Å². The van der Waals surface area contributed by atoms with Crippen molar-refractivity contribution in [3.8, 4) is 5.75 Å². The molecule has 0 aromatic heterocycles. The summed E-state index contributed by atoms with van der Waals surface area (Å²) in [6, 6.07) is 10.3. The van der Waals surface area contributed by atoms with Crippen LogP contribution >= 0.6 is 57.6 Å². The second kappa shape index (κ2) is 9.66. The van der Waals surface area contributed by atoms with Crippen molar-refractivity contribution in [2.24, 2.45) is 0 Å². The van der Waals surface area contributed by atoms with Crippen molar-refractivity contribution in [2.75, 3.05) is 19.4 Å². The molecule has 25 heavy (non-hydrogen) atoms. The zero-order chi connectivity index (χ0) is 18.4. The summed E-state index contributed by atoms with van der Waals surface area (Å²) in [7, 11) is -1.98. The second-order valence-corrected chi connectivity index (χ2v) is 9.84. The average Bonchev–Trinajstić information content (AvgIpc) is 2.57. The summed E-state index contributed by atoms with van der Waals surface area (Å²) in [5.41, 5.74) is 1.05. The van der Waals surface area contributed by atoms with Crippen molar-refractivity contribution < 1.29 is 13.2 Å². The van der Waals surface area contributed by atoms with Crippen LogP contribution in [0.3, 0.4) is 0 Å². The van der Waals surface area contributed by atoms with Crippen molar-refractivity contribution in [1.82, 2.24) is 4.72 Å². The molecule has 0 heterocycles. The van der Waals surface area contributed by atoms with Crippen molar-refractivity contribution in [3.63, 3.8) is 0 Å². The summed E-state index contributed by atoms with van der Waals surface area (Å²) in [4.78, 5) is 0.229. The Morgan fingerprint density at radius 1 is 1.16 bits per heavy atom. The van der Waals surface area contributed by atoms with Crippen LogP contribution < -0.4 is 9.46 Å². The minimum atomic E-state index is -3.53. The Morgan fingerprint density at radius 3 is 2.56 bits per heavy atom. The zero-order valence-corrected chi connectivity index (χ0v) is 18.6. The van der Waals surface area contributed by atoms with Gasteiger partial charge in [-0.25, -0.2) is 13.1 Å². The molecule has 0 atom stereocenters. The van der Waals surface area contributed by atoms with Crippen LogP contribution in [0.5, 0.6) is 5.75 Å². The molecule has 0 saturated carbocycles. The first kappa shape index (κ1) is 21.1. The summed E-state index contributed by atoms with van der Waals surface area (Å²) in [5, 5.41) is 1.05. The molecule has 0 unspecified atom stereocenters. The Labute approximate surface area is 175 Å². The van der Waals surface area contributed by atoms with Gasteiger partial charge in [0.25, 0.3) is 0 Å². The van der Waals surface area contributed by atoms with Gasteiger partial charge in [0.15, 0.2) is 0 Å². The summed E-state index contributed by atoms with van der Waals surface area (Å²) in [6.45, 7) is 0.344. The molecular formula is C16H16Cl2INO3S2. The predicted molar refractivity (Wildman–Crippen MR) is 114 cm³/mol. The third-order valence-electron chi connectivity index (χ3n) is 3.22. The molecule has 2 aromatic rings. The number of sulfonamides is 1. The number of benzene rings is 2. The van der Waals surface area contributed by atoms with E-state index in [9.17, 15) is 8.42 Å². The van der Waals surface area contributed by atoms with E-state index in [1.165, 1.54) is 6.07 Å². The van der Waals surface area contributed by atoms with E-state index in [1.54, 1.807) is 37.1 Å². The topological polar surface area (TPSA) is 55.4 Å². The fourth-order valence-corrected chi connectivity index (χ4v) is 5.23. The number of nitrogens with one attached hydrogen (secondary N) is 1. The minimum Gasteiger partial charge on any atom is -0.496 e. The molecule has 0 aliphatic carbocycles. The van der Waals surface area contributed by atoms with E-state index in [0.717, 1.165) is 14.9 Å². The molecule has 2 aromatic carbocycles. The molecule has 0 fully saturated rings. The van der Waals surface area contributed by atoms with Crippen molar-refractivity contribution in [3.05, 3.63) is 55.6 Å². The maximum Gasteiger partial charge on any atom is 0.240 e. The Hall–Kier alpha value is -0.190. The summed E-state index contributed by atoms with van der Waals surface area (Å²) in [6.07, 6.45) is 0. The summed E-state index contributed by atoms with van der Waals surface area (Å²) >= 11 is 15.5. The number of methoxy groups -OCH3 is 1. The Kier molecular flexibility index (Phi) is 8.16. The van der Waals surface area contributed by atoms with Crippen molar-refractivity contribution in [2.45, 2.75) is 10.6 Å². The molecule has 136 valence electrons. The summed E-state index contributed by atoms with van der Waals surface area (Å²) in [5.74, 6) is 2.03. The molecule has 4 nitrogen and oxygen atoms in total.